The van der Waals surface area contributed by atoms with Crippen LogP contribution in [0.25, 0.3) is 0 Å². The molecule has 1 aliphatic heterocycles. The second kappa shape index (κ2) is 5.38. The highest BCUT2D eigenvalue weighted by Gasteiger charge is 2.24. The average Bonchev–Trinajstić information content (AvgIpc) is 2.28. The smallest absolute Gasteiger partial charge is 0.0664 e. The van der Waals surface area contributed by atoms with E-state index in [-0.39, 0.29) is 6.10 Å². The summed E-state index contributed by atoms with van der Waals surface area (Å²) >= 11 is 2.06. The Balaban J connectivity index is 2.35. The molecule has 1 heterocycles. The van der Waals surface area contributed by atoms with Gasteiger partial charge in [-0.3, -0.25) is 4.90 Å². The molecule has 3 heteroatoms. The number of nitrogens with zero attached hydrogens (tertiary/aromatic N) is 1. The molecule has 1 unspecified atom stereocenters. The van der Waals surface area contributed by atoms with Gasteiger partial charge in [0.2, 0.25) is 0 Å². The Morgan fingerprint density at radius 1 is 1.43 bits per heavy atom. The van der Waals surface area contributed by atoms with Crippen molar-refractivity contribution in [3.8, 4) is 0 Å². The van der Waals surface area contributed by atoms with Crippen LogP contribution < -0.4 is 0 Å². The van der Waals surface area contributed by atoms with Gasteiger partial charge in [-0.25, -0.2) is 0 Å². The first kappa shape index (κ1) is 12.3. The molecule has 1 atom stereocenters. The quantitative estimate of drug-likeness (QED) is 0.782. The van der Waals surface area contributed by atoms with Gasteiger partial charge in [-0.15, -0.1) is 0 Å². The number of thioether (sulfide) groups is 1. The fourth-order valence-corrected chi connectivity index (χ4v) is 2.81. The topological polar surface area (TPSA) is 23.5 Å². The molecule has 0 spiro atoms. The molecule has 1 saturated heterocycles. The van der Waals surface area contributed by atoms with Crippen LogP contribution in [0.4, 0.5) is 0 Å². The molecule has 0 bridgehead atoms. The first-order valence-electron chi connectivity index (χ1n) is 5.58. The summed E-state index contributed by atoms with van der Waals surface area (Å²) in [6.07, 6.45) is 1.96. The van der Waals surface area contributed by atoms with Crippen molar-refractivity contribution in [2.75, 3.05) is 25.4 Å². The van der Waals surface area contributed by atoms with Crippen LogP contribution in [0.2, 0.25) is 0 Å². The molecule has 1 rings (SSSR count). The standard InChI is InChI=1S/C11H23NOS/c1-4-10(13)9-12-6-5-11(2,3)14-8-7-12/h10,13H,4-9H2,1-3H3. The minimum absolute atomic E-state index is 0.138. The summed E-state index contributed by atoms with van der Waals surface area (Å²) in [7, 11) is 0. The second-order valence-electron chi connectivity index (χ2n) is 4.72. The highest BCUT2D eigenvalue weighted by Crippen LogP contribution is 2.30. The van der Waals surface area contributed by atoms with Gasteiger partial charge in [0.05, 0.1) is 6.10 Å². The molecule has 0 aromatic rings. The predicted molar refractivity (Wildman–Crippen MR) is 63.9 cm³/mol. The zero-order valence-electron chi connectivity index (χ0n) is 9.62. The van der Waals surface area contributed by atoms with Crippen molar-refractivity contribution in [3.63, 3.8) is 0 Å². The molecule has 0 aromatic heterocycles. The van der Waals surface area contributed by atoms with Crippen LogP contribution in [0.1, 0.15) is 33.6 Å². The van der Waals surface area contributed by atoms with Gasteiger partial charge >= 0.3 is 0 Å². The van der Waals surface area contributed by atoms with Crippen molar-refractivity contribution in [1.82, 2.24) is 4.90 Å². The monoisotopic (exact) mass is 217 g/mol. The Kier molecular flexibility index (Phi) is 4.74. The first-order chi connectivity index (χ1) is 6.53. The van der Waals surface area contributed by atoms with Gasteiger partial charge in [-0.2, -0.15) is 11.8 Å². The van der Waals surface area contributed by atoms with Crippen LogP contribution in [0, 0.1) is 0 Å². The van der Waals surface area contributed by atoms with Gasteiger partial charge in [0.15, 0.2) is 0 Å². The molecule has 1 aliphatic rings. The Labute approximate surface area is 92.1 Å². The SMILES string of the molecule is CCC(O)CN1CCSC(C)(C)CC1. The van der Waals surface area contributed by atoms with Crippen LogP contribution in [0.5, 0.6) is 0 Å². The minimum Gasteiger partial charge on any atom is -0.392 e. The third-order valence-corrected chi connectivity index (χ3v) is 4.24. The van der Waals surface area contributed by atoms with Gasteiger partial charge in [-0.05, 0) is 19.4 Å². The Bertz CT molecular complexity index is 173. The van der Waals surface area contributed by atoms with E-state index in [0.29, 0.717) is 4.75 Å². The molecule has 0 aromatic carbocycles. The predicted octanol–water partition coefficient (Wildman–Crippen LogP) is 1.97. The summed E-state index contributed by atoms with van der Waals surface area (Å²) in [6, 6.07) is 0. The average molecular weight is 217 g/mol. The fraction of sp³-hybridized carbons (Fsp3) is 1.00. The summed E-state index contributed by atoms with van der Waals surface area (Å²) in [5.41, 5.74) is 0. The van der Waals surface area contributed by atoms with E-state index >= 15 is 0 Å². The number of aliphatic hydroxyl groups excluding tert-OH is 1. The summed E-state index contributed by atoms with van der Waals surface area (Å²) in [6.45, 7) is 9.80. The summed E-state index contributed by atoms with van der Waals surface area (Å²) < 4.78 is 0.423. The van der Waals surface area contributed by atoms with Crippen LogP contribution in [-0.2, 0) is 0 Å². The van der Waals surface area contributed by atoms with E-state index in [1.54, 1.807) is 0 Å². The van der Waals surface area contributed by atoms with Crippen LogP contribution in [-0.4, -0.2) is 46.2 Å². The molecule has 0 radical (unpaired) electrons. The zero-order chi connectivity index (χ0) is 10.6. The number of aliphatic hydroxyl groups is 1. The van der Waals surface area contributed by atoms with Gasteiger partial charge in [0.25, 0.3) is 0 Å². The molecule has 14 heavy (non-hydrogen) atoms. The fourth-order valence-electron chi connectivity index (χ4n) is 1.67. The second-order valence-corrected chi connectivity index (χ2v) is 6.52. The maximum absolute atomic E-state index is 9.58. The largest absolute Gasteiger partial charge is 0.392 e. The highest BCUT2D eigenvalue weighted by atomic mass is 32.2. The van der Waals surface area contributed by atoms with Crippen molar-refractivity contribution >= 4 is 11.8 Å². The molecular formula is C11H23NOS. The third-order valence-electron chi connectivity index (χ3n) is 2.87. The number of β-amino-alcohol motifs (C(OH)–C–C–N with tert-alkyl or cyclic N) is 1. The molecule has 0 aliphatic carbocycles. The van der Waals surface area contributed by atoms with E-state index in [9.17, 15) is 5.11 Å². The van der Waals surface area contributed by atoms with E-state index in [4.69, 9.17) is 0 Å². The molecule has 1 fully saturated rings. The Morgan fingerprint density at radius 3 is 2.79 bits per heavy atom. The molecule has 1 N–H and O–H groups in total. The maximum atomic E-state index is 9.58. The van der Waals surface area contributed by atoms with E-state index in [1.807, 2.05) is 6.92 Å². The minimum atomic E-state index is -0.138. The van der Waals surface area contributed by atoms with Crippen LogP contribution in [0.15, 0.2) is 0 Å². The van der Waals surface area contributed by atoms with E-state index in [2.05, 4.69) is 30.5 Å². The van der Waals surface area contributed by atoms with E-state index in [0.717, 1.165) is 26.1 Å². The summed E-state index contributed by atoms with van der Waals surface area (Å²) in [5.74, 6) is 1.20. The number of rotatable bonds is 3. The van der Waals surface area contributed by atoms with Crippen LogP contribution in [0.3, 0.4) is 0 Å². The van der Waals surface area contributed by atoms with Crippen molar-refractivity contribution in [2.45, 2.75) is 44.5 Å². The summed E-state index contributed by atoms with van der Waals surface area (Å²) in [4.78, 5) is 2.40. The lowest BCUT2D eigenvalue weighted by molar-refractivity contribution is 0.112. The number of hydrogen-bond acceptors (Lipinski definition) is 3. The zero-order valence-corrected chi connectivity index (χ0v) is 10.4. The van der Waals surface area contributed by atoms with E-state index in [1.165, 1.54) is 12.2 Å². The molecule has 0 amide bonds. The van der Waals surface area contributed by atoms with Crippen molar-refractivity contribution in [2.24, 2.45) is 0 Å². The van der Waals surface area contributed by atoms with Gasteiger partial charge in [-0.1, -0.05) is 20.8 Å². The Hall–Kier alpha value is 0.270. The molecule has 2 nitrogen and oxygen atoms in total. The first-order valence-corrected chi connectivity index (χ1v) is 6.56. The third kappa shape index (κ3) is 4.20. The van der Waals surface area contributed by atoms with Crippen LogP contribution >= 0.6 is 11.8 Å². The highest BCUT2D eigenvalue weighted by molar-refractivity contribution is 8.00. The van der Waals surface area contributed by atoms with Crippen molar-refractivity contribution < 1.29 is 5.11 Å². The van der Waals surface area contributed by atoms with Gasteiger partial charge in [0, 0.05) is 23.6 Å². The molecule has 84 valence electrons. The van der Waals surface area contributed by atoms with Crippen molar-refractivity contribution in [3.05, 3.63) is 0 Å². The maximum Gasteiger partial charge on any atom is 0.0664 e. The summed E-state index contributed by atoms with van der Waals surface area (Å²) in [5, 5.41) is 9.58. The van der Waals surface area contributed by atoms with E-state index < -0.39 is 0 Å². The lowest BCUT2D eigenvalue weighted by Crippen LogP contribution is -2.34. The normalized spacial score (nSPS) is 25.7. The lowest BCUT2D eigenvalue weighted by atomic mass is 10.1. The Morgan fingerprint density at radius 2 is 2.14 bits per heavy atom. The van der Waals surface area contributed by atoms with Gasteiger partial charge in [0.1, 0.15) is 0 Å². The number of hydrogen-bond donors (Lipinski definition) is 1. The van der Waals surface area contributed by atoms with Gasteiger partial charge < -0.3 is 5.11 Å². The van der Waals surface area contributed by atoms with Crippen molar-refractivity contribution in [1.29, 1.82) is 0 Å². The lowest BCUT2D eigenvalue weighted by Gasteiger charge is -2.24. The molecular weight excluding hydrogens is 194 g/mol. The molecule has 0 saturated carbocycles.